The topological polar surface area (TPSA) is 64.7 Å². The summed E-state index contributed by atoms with van der Waals surface area (Å²) in [5.74, 6) is -0.242. The zero-order chi connectivity index (χ0) is 22.9. The van der Waals surface area contributed by atoms with Gasteiger partial charge in [0.1, 0.15) is 5.70 Å². The van der Waals surface area contributed by atoms with E-state index in [2.05, 4.69) is 15.5 Å². The molecule has 0 atom stereocenters. The van der Waals surface area contributed by atoms with Crippen molar-refractivity contribution in [2.45, 2.75) is 45.4 Å². The summed E-state index contributed by atoms with van der Waals surface area (Å²) in [5, 5.41) is 7.32. The summed E-state index contributed by atoms with van der Waals surface area (Å²) in [5.41, 5.74) is 2.09. The molecule has 2 aliphatic rings. The van der Waals surface area contributed by atoms with Crippen LogP contribution in [0.5, 0.6) is 0 Å². The quantitative estimate of drug-likeness (QED) is 0.474. The maximum atomic E-state index is 12.8. The summed E-state index contributed by atoms with van der Waals surface area (Å²) in [6, 6.07) is 5.59. The van der Waals surface area contributed by atoms with Crippen molar-refractivity contribution < 1.29 is 9.59 Å². The van der Waals surface area contributed by atoms with E-state index >= 15 is 0 Å². The number of aryl methyl sites for hydroxylation is 1. The highest BCUT2D eigenvalue weighted by molar-refractivity contribution is 6.42. The monoisotopic (exact) mass is 480 g/mol. The number of carbonyl (C=O) groups is 2. The Labute approximate surface area is 201 Å². The first kappa shape index (κ1) is 24.9. The maximum Gasteiger partial charge on any atom is 0.270 e. The number of nitrogens with one attached hydrogen (secondary N) is 2. The molecule has 0 radical (unpaired) electrons. The fraction of sp³-hybridized carbons (Fsp3) is 0.583. The second-order valence-corrected chi connectivity index (χ2v) is 9.28. The molecule has 1 fully saturated rings. The first-order valence-electron chi connectivity index (χ1n) is 11.7. The Morgan fingerprint density at radius 3 is 2.56 bits per heavy atom. The highest BCUT2D eigenvalue weighted by atomic mass is 35.5. The van der Waals surface area contributed by atoms with E-state index in [-0.39, 0.29) is 11.8 Å². The standard InChI is InChI=1S/C24H34Cl2N4O2/c1-2-30-17-19(22(24(30)32)27-12-7-15-29-13-4-3-5-14-29)23(31)28-11-6-8-18-9-10-20(25)21(26)16-18/h9-10,16,27H,2-8,11-15,17H2,1H3,(H,28,31). The lowest BCUT2D eigenvalue weighted by molar-refractivity contribution is -0.125. The highest BCUT2D eigenvalue weighted by Gasteiger charge is 2.32. The normalized spacial score (nSPS) is 17.2. The van der Waals surface area contributed by atoms with Gasteiger partial charge < -0.3 is 20.4 Å². The summed E-state index contributed by atoms with van der Waals surface area (Å²) in [6.45, 7) is 7.48. The van der Waals surface area contributed by atoms with Crippen LogP contribution < -0.4 is 10.6 Å². The molecule has 6 nitrogen and oxygen atoms in total. The number of halogens is 2. The van der Waals surface area contributed by atoms with Gasteiger partial charge in [0, 0.05) is 19.6 Å². The minimum Gasteiger partial charge on any atom is -0.380 e. The molecule has 32 heavy (non-hydrogen) atoms. The van der Waals surface area contributed by atoms with Gasteiger partial charge in [0.2, 0.25) is 0 Å². The molecule has 0 aromatic heterocycles. The van der Waals surface area contributed by atoms with Crippen LogP contribution in [0, 0.1) is 0 Å². The molecule has 0 aliphatic carbocycles. The zero-order valence-electron chi connectivity index (χ0n) is 18.9. The molecule has 2 amide bonds. The number of piperidine rings is 1. The van der Waals surface area contributed by atoms with Crippen molar-refractivity contribution in [2.24, 2.45) is 0 Å². The fourth-order valence-electron chi connectivity index (χ4n) is 4.25. The third-order valence-corrected chi connectivity index (χ3v) is 6.86. The molecule has 0 unspecified atom stereocenters. The number of likely N-dealkylation sites (tertiary alicyclic amines) is 1. The number of likely N-dealkylation sites (N-methyl/N-ethyl adjacent to an activating group) is 1. The van der Waals surface area contributed by atoms with Gasteiger partial charge in [-0.2, -0.15) is 0 Å². The van der Waals surface area contributed by atoms with Crippen molar-refractivity contribution in [2.75, 3.05) is 45.8 Å². The smallest absolute Gasteiger partial charge is 0.270 e. The van der Waals surface area contributed by atoms with Crippen LogP contribution in [-0.2, 0) is 16.0 Å². The Bertz CT molecular complexity index is 837. The van der Waals surface area contributed by atoms with E-state index in [0.29, 0.717) is 47.5 Å². The number of nitrogens with zero attached hydrogens (tertiary/aromatic N) is 2. The molecule has 2 aliphatic heterocycles. The lowest BCUT2D eigenvalue weighted by atomic mass is 10.1. The van der Waals surface area contributed by atoms with E-state index in [0.717, 1.165) is 31.4 Å². The second-order valence-electron chi connectivity index (χ2n) is 8.46. The van der Waals surface area contributed by atoms with E-state index in [1.807, 2.05) is 19.1 Å². The third kappa shape index (κ3) is 6.87. The van der Waals surface area contributed by atoms with Crippen molar-refractivity contribution in [1.29, 1.82) is 0 Å². The van der Waals surface area contributed by atoms with Crippen LogP contribution in [0.4, 0.5) is 0 Å². The Balaban J connectivity index is 1.48. The summed E-state index contributed by atoms with van der Waals surface area (Å²) in [7, 11) is 0. The van der Waals surface area contributed by atoms with Gasteiger partial charge in [-0.15, -0.1) is 0 Å². The molecule has 0 saturated carbocycles. The average Bonchev–Trinajstić information content (AvgIpc) is 3.12. The molecule has 3 rings (SSSR count). The second kappa shape index (κ2) is 12.5. The Hall–Kier alpha value is -1.76. The van der Waals surface area contributed by atoms with E-state index in [1.54, 1.807) is 11.0 Å². The van der Waals surface area contributed by atoms with Crippen LogP contribution in [0.3, 0.4) is 0 Å². The van der Waals surface area contributed by atoms with Crippen molar-refractivity contribution >= 4 is 35.0 Å². The van der Waals surface area contributed by atoms with Crippen LogP contribution in [0.2, 0.25) is 10.0 Å². The highest BCUT2D eigenvalue weighted by Crippen LogP contribution is 2.23. The van der Waals surface area contributed by atoms with E-state index < -0.39 is 0 Å². The summed E-state index contributed by atoms with van der Waals surface area (Å²) in [6.07, 6.45) is 6.41. The van der Waals surface area contributed by atoms with Crippen molar-refractivity contribution in [1.82, 2.24) is 20.4 Å². The zero-order valence-corrected chi connectivity index (χ0v) is 20.4. The molecule has 1 aromatic carbocycles. The van der Waals surface area contributed by atoms with Gasteiger partial charge in [0.25, 0.3) is 11.8 Å². The van der Waals surface area contributed by atoms with E-state index in [4.69, 9.17) is 23.2 Å². The number of amides is 2. The average molecular weight is 481 g/mol. The predicted octanol–water partition coefficient (Wildman–Crippen LogP) is 3.62. The van der Waals surface area contributed by atoms with Crippen LogP contribution in [-0.4, -0.2) is 67.4 Å². The molecule has 1 aromatic rings. The maximum absolute atomic E-state index is 12.8. The van der Waals surface area contributed by atoms with Crippen molar-refractivity contribution in [3.05, 3.63) is 45.1 Å². The number of hydrogen-bond donors (Lipinski definition) is 2. The molecule has 1 saturated heterocycles. The van der Waals surface area contributed by atoms with Gasteiger partial charge >= 0.3 is 0 Å². The van der Waals surface area contributed by atoms with Crippen LogP contribution in [0.25, 0.3) is 0 Å². The lowest BCUT2D eigenvalue weighted by Gasteiger charge is -2.26. The van der Waals surface area contributed by atoms with Crippen molar-refractivity contribution in [3.63, 3.8) is 0 Å². The molecule has 8 heteroatoms. The van der Waals surface area contributed by atoms with Gasteiger partial charge in [-0.05, 0) is 76.4 Å². The SMILES string of the molecule is CCN1CC(C(=O)NCCCc2ccc(Cl)c(Cl)c2)=C(NCCCN2CCCCC2)C1=O. The third-order valence-electron chi connectivity index (χ3n) is 6.12. The van der Waals surface area contributed by atoms with Gasteiger partial charge in [-0.1, -0.05) is 35.7 Å². The molecule has 176 valence electrons. The number of benzene rings is 1. The Kier molecular flexibility index (Phi) is 9.69. The summed E-state index contributed by atoms with van der Waals surface area (Å²) in [4.78, 5) is 29.7. The first-order valence-corrected chi connectivity index (χ1v) is 12.5. The van der Waals surface area contributed by atoms with Gasteiger partial charge in [0.05, 0.1) is 22.2 Å². The number of carbonyl (C=O) groups excluding carboxylic acids is 2. The largest absolute Gasteiger partial charge is 0.380 e. The predicted molar refractivity (Wildman–Crippen MR) is 130 cm³/mol. The summed E-state index contributed by atoms with van der Waals surface area (Å²) >= 11 is 12.0. The minimum atomic E-state index is -0.165. The molecular weight excluding hydrogens is 447 g/mol. The Morgan fingerprint density at radius 1 is 1.06 bits per heavy atom. The molecule has 0 spiro atoms. The molecule has 2 N–H and O–H groups in total. The van der Waals surface area contributed by atoms with E-state index in [9.17, 15) is 9.59 Å². The van der Waals surface area contributed by atoms with Crippen molar-refractivity contribution in [3.8, 4) is 0 Å². The first-order chi connectivity index (χ1) is 15.5. The van der Waals surface area contributed by atoms with Gasteiger partial charge in [-0.25, -0.2) is 0 Å². The van der Waals surface area contributed by atoms with Gasteiger partial charge in [0.15, 0.2) is 0 Å². The lowest BCUT2D eigenvalue weighted by Crippen LogP contribution is -2.34. The molecule has 0 bridgehead atoms. The Morgan fingerprint density at radius 2 is 1.84 bits per heavy atom. The van der Waals surface area contributed by atoms with Crippen LogP contribution >= 0.6 is 23.2 Å². The minimum absolute atomic E-state index is 0.0774. The van der Waals surface area contributed by atoms with Crippen LogP contribution in [0.15, 0.2) is 29.5 Å². The number of rotatable bonds is 11. The number of hydrogen-bond acceptors (Lipinski definition) is 4. The van der Waals surface area contributed by atoms with Crippen LogP contribution in [0.1, 0.15) is 44.6 Å². The summed E-state index contributed by atoms with van der Waals surface area (Å²) < 4.78 is 0. The molecule has 2 heterocycles. The fourth-order valence-corrected chi connectivity index (χ4v) is 4.57. The molecular formula is C24H34Cl2N4O2. The van der Waals surface area contributed by atoms with E-state index in [1.165, 1.54) is 32.4 Å². The van der Waals surface area contributed by atoms with Gasteiger partial charge in [-0.3, -0.25) is 9.59 Å².